The normalized spacial score (nSPS) is 19.7. The lowest BCUT2D eigenvalue weighted by molar-refractivity contribution is -0.138. The minimum Gasteiger partial charge on any atom is -0.299 e. The Morgan fingerprint density at radius 3 is 2.41 bits per heavy atom. The molecule has 0 N–H and O–H groups in total. The number of halogens is 1. The van der Waals surface area contributed by atoms with E-state index in [2.05, 4.69) is 0 Å². The van der Waals surface area contributed by atoms with Crippen molar-refractivity contribution >= 4 is 11.6 Å². The standard InChI is InChI=1S/C19H17FO2/c1-13(21)19(18(22)9-14-5-3-2-4-6-14)11-15-7-8-17(20)10-16(15)12-19/h2-8,10H,9,11-12H2,1H3. The summed E-state index contributed by atoms with van der Waals surface area (Å²) in [6, 6.07) is 13.9. The second-order valence-corrected chi connectivity index (χ2v) is 5.99. The molecule has 1 aliphatic carbocycles. The predicted octanol–water partition coefficient (Wildman–Crippen LogP) is 3.31. The minimum atomic E-state index is -1.04. The van der Waals surface area contributed by atoms with Gasteiger partial charge in [-0.25, -0.2) is 4.39 Å². The van der Waals surface area contributed by atoms with Crippen LogP contribution >= 0.6 is 0 Å². The highest BCUT2D eigenvalue weighted by Crippen LogP contribution is 2.39. The van der Waals surface area contributed by atoms with E-state index >= 15 is 0 Å². The van der Waals surface area contributed by atoms with Crippen molar-refractivity contribution in [2.75, 3.05) is 0 Å². The molecule has 0 spiro atoms. The van der Waals surface area contributed by atoms with Crippen LogP contribution < -0.4 is 0 Å². The van der Waals surface area contributed by atoms with E-state index in [9.17, 15) is 14.0 Å². The number of hydrogen-bond acceptors (Lipinski definition) is 2. The van der Waals surface area contributed by atoms with Gasteiger partial charge in [0.05, 0.1) is 5.41 Å². The Bertz CT molecular complexity index is 736. The molecular formula is C19H17FO2. The number of carbonyl (C=O) groups excluding carboxylic acids is 2. The molecule has 1 unspecified atom stereocenters. The first kappa shape index (κ1) is 14.6. The van der Waals surface area contributed by atoms with E-state index in [0.29, 0.717) is 12.8 Å². The second-order valence-electron chi connectivity index (χ2n) is 5.99. The molecule has 0 fully saturated rings. The first-order valence-corrected chi connectivity index (χ1v) is 7.37. The van der Waals surface area contributed by atoms with Crippen molar-refractivity contribution in [1.82, 2.24) is 0 Å². The van der Waals surface area contributed by atoms with E-state index in [0.717, 1.165) is 16.7 Å². The van der Waals surface area contributed by atoms with Gasteiger partial charge in [-0.05, 0) is 48.6 Å². The summed E-state index contributed by atoms with van der Waals surface area (Å²) in [4.78, 5) is 25.1. The fourth-order valence-electron chi connectivity index (χ4n) is 3.24. The average Bonchev–Trinajstić information content (AvgIpc) is 2.88. The van der Waals surface area contributed by atoms with E-state index in [1.54, 1.807) is 6.07 Å². The Hall–Kier alpha value is -2.29. The van der Waals surface area contributed by atoms with E-state index < -0.39 is 5.41 Å². The molecule has 0 saturated heterocycles. The smallest absolute Gasteiger partial charge is 0.151 e. The van der Waals surface area contributed by atoms with Crippen LogP contribution in [0.1, 0.15) is 23.6 Å². The molecule has 0 heterocycles. The molecular weight excluding hydrogens is 279 g/mol. The maximum absolute atomic E-state index is 13.4. The monoisotopic (exact) mass is 296 g/mol. The number of rotatable bonds is 4. The summed E-state index contributed by atoms with van der Waals surface area (Å²) in [6.07, 6.45) is 0.918. The first-order chi connectivity index (χ1) is 10.5. The van der Waals surface area contributed by atoms with Gasteiger partial charge in [0.1, 0.15) is 11.6 Å². The van der Waals surface area contributed by atoms with Crippen molar-refractivity contribution in [3.05, 3.63) is 71.0 Å². The van der Waals surface area contributed by atoms with Crippen LogP contribution in [0, 0.1) is 11.2 Å². The van der Waals surface area contributed by atoms with Gasteiger partial charge in [-0.3, -0.25) is 9.59 Å². The summed E-state index contributed by atoms with van der Waals surface area (Å²) in [5.74, 6) is -0.540. The van der Waals surface area contributed by atoms with Crippen molar-refractivity contribution in [2.45, 2.75) is 26.2 Å². The summed E-state index contributed by atoms with van der Waals surface area (Å²) >= 11 is 0. The number of benzene rings is 2. The third-order valence-electron chi connectivity index (χ3n) is 4.57. The molecule has 1 atom stereocenters. The predicted molar refractivity (Wildman–Crippen MR) is 82.1 cm³/mol. The molecule has 0 saturated carbocycles. The quantitative estimate of drug-likeness (QED) is 0.811. The van der Waals surface area contributed by atoms with Crippen LogP contribution in [-0.4, -0.2) is 11.6 Å². The highest BCUT2D eigenvalue weighted by molar-refractivity contribution is 6.08. The van der Waals surface area contributed by atoms with Gasteiger partial charge < -0.3 is 0 Å². The first-order valence-electron chi connectivity index (χ1n) is 7.37. The minimum absolute atomic E-state index is 0.0807. The van der Waals surface area contributed by atoms with E-state index in [-0.39, 0.29) is 23.8 Å². The average molecular weight is 296 g/mol. The third kappa shape index (κ3) is 2.47. The lowest BCUT2D eigenvalue weighted by atomic mass is 9.75. The van der Waals surface area contributed by atoms with Crippen molar-refractivity contribution in [3.63, 3.8) is 0 Å². The zero-order valence-corrected chi connectivity index (χ0v) is 12.4. The van der Waals surface area contributed by atoms with Crippen LogP contribution in [0.25, 0.3) is 0 Å². The molecule has 1 aliphatic rings. The summed E-state index contributed by atoms with van der Waals surface area (Å²) in [5.41, 5.74) is 1.54. The number of hydrogen-bond donors (Lipinski definition) is 0. The van der Waals surface area contributed by atoms with Crippen LogP contribution in [0.15, 0.2) is 48.5 Å². The molecule has 3 rings (SSSR count). The summed E-state index contributed by atoms with van der Waals surface area (Å²) in [7, 11) is 0. The van der Waals surface area contributed by atoms with Crippen LogP contribution in [0.3, 0.4) is 0 Å². The van der Waals surface area contributed by atoms with Gasteiger partial charge in [0.2, 0.25) is 0 Å². The molecule has 2 aromatic carbocycles. The Morgan fingerprint density at radius 2 is 1.73 bits per heavy atom. The molecule has 3 heteroatoms. The van der Waals surface area contributed by atoms with Gasteiger partial charge in [0.15, 0.2) is 5.78 Å². The van der Waals surface area contributed by atoms with E-state index in [1.165, 1.54) is 19.1 Å². The van der Waals surface area contributed by atoms with Crippen molar-refractivity contribution in [3.8, 4) is 0 Å². The Kier molecular flexibility index (Phi) is 3.65. The van der Waals surface area contributed by atoms with E-state index in [1.807, 2.05) is 30.3 Å². The van der Waals surface area contributed by atoms with Gasteiger partial charge in [-0.2, -0.15) is 0 Å². The molecule has 0 radical (unpaired) electrons. The molecule has 2 nitrogen and oxygen atoms in total. The van der Waals surface area contributed by atoms with Crippen LogP contribution in [0.4, 0.5) is 4.39 Å². The Balaban J connectivity index is 1.91. The molecule has 22 heavy (non-hydrogen) atoms. The van der Waals surface area contributed by atoms with Crippen LogP contribution in [0.2, 0.25) is 0 Å². The fourth-order valence-corrected chi connectivity index (χ4v) is 3.24. The highest BCUT2D eigenvalue weighted by atomic mass is 19.1. The van der Waals surface area contributed by atoms with Crippen molar-refractivity contribution in [1.29, 1.82) is 0 Å². The Morgan fingerprint density at radius 1 is 1.05 bits per heavy atom. The van der Waals surface area contributed by atoms with Crippen LogP contribution in [0.5, 0.6) is 0 Å². The lowest BCUT2D eigenvalue weighted by Crippen LogP contribution is -2.40. The fraction of sp³-hybridized carbons (Fsp3) is 0.263. The zero-order valence-electron chi connectivity index (χ0n) is 12.4. The maximum atomic E-state index is 13.4. The highest BCUT2D eigenvalue weighted by Gasteiger charge is 2.47. The SMILES string of the molecule is CC(=O)C1(C(=O)Cc2ccccc2)Cc2ccc(F)cc2C1. The summed E-state index contributed by atoms with van der Waals surface area (Å²) < 4.78 is 13.4. The van der Waals surface area contributed by atoms with Gasteiger partial charge in [-0.15, -0.1) is 0 Å². The van der Waals surface area contributed by atoms with Crippen molar-refractivity contribution in [2.24, 2.45) is 5.41 Å². The lowest BCUT2D eigenvalue weighted by Gasteiger charge is -2.24. The molecule has 0 amide bonds. The largest absolute Gasteiger partial charge is 0.299 e. The molecule has 2 aromatic rings. The molecule has 112 valence electrons. The van der Waals surface area contributed by atoms with Gasteiger partial charge in [0.25, 0.3) is 0 Å². The van der Waals surface area contributed by atoms with Crippen LogP contribution in [-0.2, 0) is 28.9 Å². The molecule has 0 bridgehead atoms. The summed E-state index contributed by atoms with van der Waals surface area (Å²) in [5, 5.41) is 0. The number of Topliss-reactive ketones (excluding diaryl/α,β-unsaturated/α-hetero) is 2. The van der Waals surface area contributed by atoms with E-state index in [4.69, 9.17) is 0 Å². The number of ketones is 2. The molecule has 0 aromatic heterocycles. The Labute approximate surface area is 129 Å². The number of fused-ring (bicyclic) bond motifs is 1. The molecule has 0 aliphatic heterocycles. The van der Waals surface area contributed by atoms with Gasteiger partial charge in [0, 0.05) is 6.42 Å². The summed E-state index contributed by atoms with van der Waals surface area (Å²) in [6.45, 7) is 1.46. The zero-order chi connectivity index (χ0) is 15.7. The maximum Gasteiger partial charge on any atom is 0.151 e. The topological polar surface area (TPSA) is 34.1 Å². The van der Waals surface area contributed by atoms with Gasteiger partial charge in [-0.1, -0.05) is 36.4 Å². The third-order valence-corrected chi connectivity index (χ3v) is 4.57. The van der Waals surface area contributed by atoms with Crippen molar-refractivity contribution < 1.29 is 14.0 Å². The number of carbonyl (C=O) groups is 2. The second kappa shape index (κ2) is 5.48. The van der Waals surface area contributed by atoms with Gasteiger partial charge >= 0.3 is 0 Å².